The molecule has 0 amide bonds. The molecule has 0 radical (unpaired) electrons. The third-order valence-corrected chi connectivity index (χ3v) is 3.82. The summed E-state index contributed by atoms with van der Waals surface area (Å²) < 4.78 is 63.7. The van der Waals surface area contributed by atoms with Crippen LogP contribution in [-0.4, -0.2) is 18.5 Å². The molecule has 0 atom stereocenters. The molecule has 1 N–H and O–H groups in total. The zero-order valence-electron chi connectivity index (χ0n) is 11.5. The summed E-state index contributed by atoms with van der Waals surface area (Å²) in [6.07, 6.45) is -3.29. The topological polar surface area (TPSA) is 12.0 Å². The third kappa shape index (κ3) is 4.95. The van der Waals surface area contributed by atoms with E-state index in [1.54, 1.807) is 6.07 Å². The molecule has 1 nitrogen and oxygen atoms in total. The first-order valence-corrected chi connectivity index (χ1v) is 7.04. The molecule has 0 bridgehead atoms. The molecule has 0 aromatic heterocycles. The van der Waals surface area contributed by atoms with Crippen LogP contribution in [0.5, 0.6) is 0 Å². The Labute approximate surface area is 120 Å². The minimum absolute atomic E-state index is 0.0374. The summed E-state index contributed by atoms with van der Waals surface area (Å²) >= 11 is 0. The molecule has 0 unspecified atom stereocenters. The van der Waals surface area contributed by atoms with Crippen molar-refractivity contribution in [1.82, 2.24) is 5.32 Å². The van der Waals surface area contributed by atoms with Gasteiger partial charge in [-0.15, -0.1) is 0 Å². The highest BCUT2D eigenvalue weighted by atomic mass is 19.4. The predicted octanol–water partition coefficient (Wildman–Crippen LogP) is 4.42. The lowest BCUT2D eigenvalue weighted by atomic mass is 9.92. The van der Waals surface area contributed by atoms with Crippen molar-refractivity contribution in [2.75, 3.05) is 6.54 Å². The van der Waals surface area contributed by atoms with Crippen LogP contribution in [0, 0.1) is 0 Å². The minimum atomic E-state index is -4.33. The Bertz CT molecular complexity index is 459. The molecule has 1 aromatic rings. The molecule has 0 heterocycles. The molecule has 21 heavy (non-hydrogen) atoms. The van der Waals surface area contributed by atoms with Crippen LogP contribution >= 0.6 is 0 Å². The highest BCUT2D eigenvalue weighted by Gasteiger charge is 2.34. The number of nitrogens with one attached hydrogen (secondary N) is 1. The largest absolute Gasteiger partial charge is 0.416 e. The van der Waals surface area contributed by atoms with Gasteiger partial charge in [0.25, 0.3) is 0 Å². The SMILES string of the molecule is FC1(F)CCC(NCCc2cccc(C(F)(F)F)c2)CC1. The number of rotatable bonds is 4. The highest BCUT2D eigenvalue weighted by molar-refractivity contribution is 5.25. The van der Waals surface area contributed by atoms with Gasteiger partial charge in [0, 0.05) is 18.9 Å². The molecule has 0 spiro atoms. The highest BCUT2D eigenvalue weighted by Crippen LogP contribution is 2.33. The average molecular weight is 307 g/mol. The Morgan fingerprint density at radius 3 is 2.43 bits per heavy atom. The molecular weight excluding hydrogens is 289 g/mol. The van der Waals surface area contributed by atoms with Crippen molar-refractivity contribution in [3.05, 3.63) is 35.4 Å². The summed E-state index contributed by atoms with van der Waals surface area (Å²) in [5, 5.41) is 3.15. The fraction of sp³-hybridized carbons (Fsp3) is 0.600. The van der Waals surface area contributed by atoms with Crippen LogP contribution in [0.1, 0.15) is 36.8 Å². The second-order valence-electron chi connectivity index (χ2n) is 5.53. The lowest BCUT2D eigenvalue weighted by molar-refractivity contribution is -0.137. The first kappa shape index (κ1) is 16.2. The second-order valence-corrected chi connectivity index (χ2v) is 5.53. The van der Waals surface area contributed by atoms with Gasteiger partial charge in [0.15, 0.2) is 0 Å². The summed E-state index contributed by atoms with van der Waals surface area (Å²) in [6.45, 7) is 0.498. The monoisotopic (exact) mass is 307 g/mol. The maximum Gasteiger partial charge on any atom is 0.416 e. The van der Waals surface area contributed by atoms with E-state index in [-0.39, 0.29) is 18.9 Å². The lowest BCUT2D eigenvalue weighted by Crippen LogP contribution is -2.37. The Morgan fingerprint density at radius 1 is 1.14 bits per heavy atom. The molecule has 1 aliphatic rings. The van der Waals surface area contributed by atoms with E-state index in [1.807, 2.05) is 0 Å². The predicted molar refractivity (Wildman–Crippen MR) is 70.4 cm³/mol. The third-order valence-electron chi connectivity index (χ3n) is 3.82. The van der Waals surface area contributed by atoms with E-state index >= 15 is 0 Å². The summed E-state index contributed by atoms with van der Waals surface area (Å²) in [4.78, 5) is 0. The van der Waals surface area contributed by atoms with Gasteiger partial charge < -0.3 is 5.32 Å². The van der Waals surface area contributed by atoms with Crippen molar-refractivity contribution in [3.8, 4) is 0 Å². The molecule has 0 saturated heterocycles. The van der Waals surface area contributed by atoms with Crippen molar-refractivity contribution < 1.29 is 22.0 Å². The smallest absolute Gasteiger partial charge is 0.314 e. The van der Waals surface area contributed by atoms with Gasteiger partial charge in [-0.3, -0.25) is 0 Å². The summed E-state index contributed by atoms with van der Waals surface area (Å²) in [7, 11) is 0. The van der Waals surface area contributed by atoms with Gasteiger partial charge in [-0.25, -0.2) is 8.78 Å². The van der Waals surface area contributed by atoms with Crippen molar-refractivity contribution in [1.29, 1.82) is 0 Å². The average Bonchev–Trinajstić information content (AvgIpc) is 2.40. The molecule has 1 saturated carbocycles. The number of alkyl halides is 5. The van der Waals surface area contributed by atoms with E-state index in [0.29, 0.717) is 31.4 Å². The number of hydrogen-bond donors (Lipinski definition) is 1. The summed E-state index contributed by atoms with van der Waals surface area (Å²) in [5.74, 6) is -2.56. The van der Waals surface area contributed by atoms with E-state index in [0.717, 1.165) is 12.1 Å². The van der Waals surface area contributed by atoms with E-state index in [4.69, 9.17) is 0 Å². The van der Waals surface area contributed by atoms with Gasteiger partial charge in [0.2, 0.25) is 5.92 Å². The molecule has 1 aromatic carbocycles. The van der Waals surface area contributed by atoms with Crippen LogP contribution in [-0.2, 0) is 12.6 Å². The Hall–Kier alpha value is -1.17. The van der Waals surface area contributed by atoms with Crippen LogP contribution in [0.4, 0.5) is 22.0 Å². The van der Waals surface area contributed by atoms with E-state index in [2.05, 4.69) is 5.32 Å². The first-order valence-electron chi connectivity index (χ1n) is 7.04. The van der Waals surface area contributed by atoms with Crippen molar-refractivity contribution in [2.45, 2.75) is 50.2 Å². The fourth-order valence-electron chi connectivity index (χ4n) is 2.57. The van der Waals surface area contributed by atoms with Gasteiger partial charge in [-0.05, 0) is 37.4 Å². The molecule has 2 rings (SSSR count). The molecule has 6 heteroatoms. The van der Waals surface area contributed by atoms with Crippen LogP contribution in [0.2, 0.25) is 0 Å². The summed E-state index contributed by atoms with van der Waals surface area (Å²) in [5.41, 5.74) is -0.0595. The molecule has 0 aliphatic heterocycles. The minimum Gasteiger partial charge on any atom is -0.314 e. The van der Waals surface area contributed by atoms with Gasteiger partial charge in [-0.2, -0.15) is 13.2 Å². The molecular formula is C15H18F5N. The number of benzene rings is 1. The summed E-state index contributed by atoms with van der Waals surface area (Å²) in [6, 6.07) is 5.25. The number of halogens is 5. The van der Waals surface area contributed by atoms with Gasteiger partial charge in [0.05, 0.1) is 5.56 Å². The maximum atomic E-state index is 13.0. The Balaban J connectivity index is 1.79. The zero-order chi connectivity index (χ0) is 15.5. The maximum absolute atomic E-state index is 13.0. The van der Waals surface area contributed by atoms with Crippen molar-refractivity contribution in [3.63, 3.8) is 0 Å². The van der Waals surface area contributed by atoms with E-state index in [9.17, 15) is 22.0 Å². The molecule has 1 aliphatic carbocycles. The fourth-order valence-corrected chi connectivity index (χ4v) is 2.57. The van der Waals surface area contributed by atoms with E-state index < -0.39 is 17.7 Å². The van der Waals surface area contributed by atoms with Crippen LogP contribution in [0.3, 0.4) is 0 Å². The number of hydrogen-bond acceptors (Lipinski definition) is 1. The standard InChI is InChI=1S/C15H18F5N/c16-14(17)7-4-13(5-8-14)21-9-6-11-2-1-3-12(10-11)15(18,19)20/h1-3,10,13,21H,4-9H2. The quantitative estimate of drug-likeness (QED) is 0.812. The van der Waals surface area contributed by atoms with Crippen LogP contribution in [0.15, 0.2) is 24.3 Å². The van der Waals surface area contributed by atoms with Crippen molar-refractivity contribution in [2.24, 2.45) is 0 Å². The van der Waals surface area contributed by atoms with Crippen molar-refractivity contribution >= 4 is 0 Å². The Morgan fingerprint density at radius 2 is 1.81 bits per heavy atom. The second kappa shape index (κ2) is 6.30. The normalized spacial score (nSPS) is 19.7. The molecule has 1 fully saturated rings. The first-order chi connectivity index (χ1) is 9.76. The van der Waals surface area contributed by atoms with E-state index in [1.165, 1.54) is 6.07 Å². The Kier molecular flexibility index (Phi) is 4.86. The van der Waals surface area contributed by atoms with Crippen LogP contribution in [0.25, 0.3) is 0 Å². The zero-order valence-corrected chi connectivity index (χ0v) is 11.5. The van der Waals surface area contributed by atoms with Gasteiger partial charge in [0.1, 0.15) is 0 Å². The van der Waals surface area contributed by atoms with Gasteiger partial charge in [-0.1, -0.05) is 18.2 Å². The lowest BCUT2D eigenvalue weighted by Gasteiger charge is -2.28. The van der Waals surface area contributed by atoms with Gasteiger partial charge >= 0.3 is 6.18 Å². The van der Waals surface area contributed by atoms with Crippen LogP contribution < -0.4 is 5.32 Å². The molecule has 118 valence electrons.